The molecule has 108 valence electrons. The van der Waals surface area contributed by atoms with E-state index in [1.807, 2.05) is 38.2 Å². The summed E-state index contributed by atoms with van der Waals surface area (Å²) in [6, 6.07) is 10.0. The van der Waals surface area contributed by atoms with Crippen molar-refractivity contribution >= 4 is 27.9 Å². The summed E-state index contributed by atoms with van der Waals surface area (Å²) >= 11 is 1.65. The number of aromatic nitrogens is 2. The topological polar surface area (TPSA) is 49.2 Å². The van der Waals surface area contributed by atoms with Crippen LogP contribution in [0.15, 0.2) is 35.7 Å². The van der Waals surface area contributed by atoms with Crippen LogP contribution in [0.3, 0.4) is 0 Å². The van der Waals surface area contributed by atoms with Crippen molar-refractivity contribution in [2.45, 2.75) is 20.1 Å². The fourth-order valence-electron chi connectivity index (χ4n) is 2.41. The van der Waals surface area contributed by atoms with Crippen LogP contribution >= 0.6 is 11.3 Å². The maximum atomic E-state index is 9.40. The molecule has 0 aliphatic carbocycles. The molecule has 0 bridgehead atoms. The van der Waals surface area contributed by atoms with E-state index in [0.717, 1.165) is 27.3 Å². The lowest BCUT2D eigenvalue weighted by molar-refractivity contribution is 0.277. The Labute approximate surface area is 127 Å². The highest BCUT2D eigenvalue weighted by molar-refractivity contribution is 7.09. The Morgan fingerprint density at radius 2 is 2.00 bits per heavy atom. The zero-order valence-electron chi connectivity index (χ0n) is 12.1. The van der Waals surface area contributed by atoms with Gasteiger partial charge in [0.25, 0.3) is 0 Å². The number of thiazole rings is 1. The Morgan fingerprint density at radius 1 is 1.19 bits per heavy atom. The molecule has 3 rings (SSSR count). The lowest BCUT2D eigenvalue weighted by Gasteiger charge is -2.20. The number of hydrogen-bond donors (Lipinski definition) is 1. The third-order valence-corrected chi connectivity index (χ3v) is 4.18. The molecular formula is C16H17N3OS. The van der Waals surface area contributed by atoms with E-state index in [2.05, 4.69) is 26.3 Å². The number of aliphatic hydroxyl groups is 1. The summed E-state index contributed by atoms with van der Waals surface area (Å²) < 4.78 is 0. The summed E-state index contributed by atoms with van der Waals surface area (Å²) in [5, 5.41) is 14.7. The van der Waals surface area contributed by atoms with Crippen molar-refractivity contribution in [3.05, 3.63) is 52.1 Å². The van der Waals surface area contributed by atoms with Crippen molar-refractivity contribution in [3.8, 4) is 0 Å². The molecule has 0 saturated heterocycles. The van der Waals surface area contributed by atoms with Gasteiger partial charge in [-0.1, -0.05) is 24.3 Å². The molecule has 1 N–H and O–H groups in total. The smallest absolute Gasteiger partial charge is 0.136 e. The van der Waals surface area contributed by atoms with Crippen molar-refractivity contribution in [1.82, 2.24) is 9.97 Å². The Balaban J connectivity index is 2.01. The molecule has 5 heteroatoms. The van der Waals surface area contributed by atoms with Crippen LogP contribution in [0.1, 0.15) is 16.4 Å². The number of hydrogen-bond acceptors (Lipinski definition) is 5. The van der Waals surface area contributed by atoms with E-state index < -0.39 is 0 Å². The van der Waals surface area contributed by atoms with Crippen LogP contribution in [0, 0.1) is 6.92 Å². The fraction of sp³-hybridized carbons (Fsp3) is 0.250. The normalized spacial score (nSPS) is 11.0. The zero-order valence-corrected chi connectivity index (χ0v) is 12.9. The van der Waals surface area contributed by atoms with Gasteiger partial charge in [-0.05, 0) is 18.4 Å². The second-order valence-corrected chi connectivity index (χ2v) is 6.09. The maximum Gasteiger partial charge on any atom is 0.136 e. The van der Waals surface area contributed by atoms with Crippen molar-refractivity contribution in [3.63, 3.8) is 0 Å². The largest absolute Gasteiger partial charge is 0.390 e. The second kappa shape index (κ2) is 5.79. The van der Waals surface area contributed by atoms with Gasteiger partial charge in [0.2, 0.25) is 0 Å². The number of anilines is 1. The van der Waals surface area contributed by atoms with Gasteiger partial charge in [0.05, 0.1) is 29.5 Å². The molecule has 0 spiro atoms. The minimum Gasteiger partial charge on any atom is -0.390 e. The average Bonchev–Trinajstić information content (AvgIpc) is 2.91. The number of pyridine rings is 1. The minimum absolute atomic E-state index is 0.0541. The van der Waals surface area contributed by atoms with Crippen molar-refractivity contribution < 1.29 is 5.11 Å². The molecule has 2 aromatic heterocycles. The van der Waals surface area contributed by atoms with E-state index >= 15 is 0 Å². The van der Waals surface area contributed by atoms with Crippen LogP contribution in [-0.4, -0.2) is 22.1 Å². The van der Waals surface area contributed by atoms with Gasteiger partial charge in [0, 0.05) is 17.8 Å². The standard InChI is InChI=1S/C16H17N3OS/c1-11-17-14(10-21-11)8-19(2)16-15-6-4-3-5-12(15)7-13(9-20)18-16/h3-7,10,20H,8-9H2,1-2H3. The average molecular weight is 299 g/mol. The van der Waals surface area contributed by atoms with Gasteiger partial charge < -0.3 is 10.0 Å². The summed E-state index contributed by atoms with van der Waals surface area (Å²) in [5.74, 6) is 0.878. The van der Waals surface area contributed by atoms with Crippen molar-refractivity contribution in [1.29, 1.82) is 0 Å². The molecule has 0 atom stereocenters. The van der Waals surface area contributed by atoms with Crippen LogP contribution in [-0.2, 0) is 13.2 Å². The Kier molecular flexibility index (Phi) is 3.86. The van der Waals surface area contributed by atoms with Gasteiger partial charge in [-0.2, -0.15) is 0 Å². The van der Waals surface area contributed by atoms with Crippen LogP contribution in [0.4, 0.5) is 5.82 Å². The monoisotopic (exact) mass is 299 g/mol. The molecule has 3 aromatic rings. The highest BCUT2D eigenvalue weighted by atomic mass is 32.1. The number of aliphatic hydroxyl groups excluding tert-OH is 1. The van der Waals surface area contributed by atoms with Gasteiger partial charge >= 0.3 is 0 Å². The number of aryl methyl sites for hydroxylation is 1. The van der Waals surface area contributed by atoms with Crippen molar-refractivity contribution in [2.24, 2.45) is 0 Å². The first-order valence-corrected chi connectivity index (χ1v) is 7.67. The zero-order chi connectivity index (χ0) is 14.8. The quantitative estimate of drug-likeness (QED) is 0.804. The van der Waals surface area contributed by atoms with E-state index in [1.54, 1.807) is 11.3 Å². The lowest BCUT2D eigenvalue weighted by Crippen LogP contribution is -2.19. The number of rotatable bonds is 4. The van der Waals surface area contributed by atoms with E-state index in [1.165, 1.54) is 0 Å². The van der Waals surface area contributed by atoms with Gasteiger partial charge in [-0.25, -0.2) is 9.97 Å². The Hall–Kier alpha value is -1.98. The highest BCUT2D eigenvalue weighted by Gasteiger charge is 2.11. The Bertz CT molecular complexity index is 769. The molecular weight excluding hydrogens is 282 g/mol. The molecule has 0 fully saturated rings. The molecule has 2 heterocycles. The highest BCUT2D eigenvalue weighted by Crippen LogP contribution is 2.26. The molecule has 0 amide bonds. The predicted octanol–water partition coefficient (Wildman–Crippen LogP) is 3.13. The molecule has 0 unspecified atom stereocenters. The molecule has 0 aliphatic rings. The van der Waals surface area contributed by atoms with Crippen LogP contribution in [0.2, 0.25) is 0 Å². The SMILES string of the molecule is Cc1nc(CN(C)c2nc(CO)cc3ccccc23)cs1. The van der Waals surface area contributed by atoms with E-state index in [4.69, 9.17) is 0 Å². The molecule has 0 radical (unpaired) electrons. The number of benzene rings is 1. The fourth-order valence-corrected chi connectivity index (χ4v) is 3.01. The first-order chi connectivity index (χ1) is 10.2. The van der Waals surface area contributed by atoms with Gasteiger partial charge in [0.15, 0.2) is 0 Å². The first kappa shape index (κ1) is 14.0. The Morgan fingerprint density at radius 3 is 2.71 bits per heavy atom. The second-order valence-electron chi connectivity index (χ2n) is 5.03. The first-order valence-electron chi connectivity index (χ1n) is 6.79. The minimum atomic E-state index is -0.0541. The van der Waals surface area contributed by atoms with Crippen molar-refractivity contribution in [2.75, 3.05) is 11.9 Å². The maximum absolute atomic E-state index is 9.40. The van der Waals surface area contributed by atoms with Crippen LogP contribution in [0.25, 0.3) is 10.8 Å². The molecule has 0 saturated carbocycles. The van der Waals surface area contributed by atoms with Gasteiger partial charge in [-0.15, -0.1) is 11.3 Å². The summed E-state index contributed by atoms with van der Waals surface area (Å²) in [7, 11) is 2.00. The molecule has 1 aromatic carbocycles. The molecule has 0 aliphatic heterocycles. The van der Waals surface area contributed by atoms with E-state index in [0.29, 0.717) is 12.2 Å². The van der Waals surface area contributed by atoms with Crippen LogP contribution < -0.4 is 4.90 Å². The number of nitrogens with zero attached hydrogens (tertiary/aromatic N) is 3. The van der Waals surface area contributed by atoms with E-state index in [-0.39, 0.29) is 6.61 Å². The van der Waals surface area contributed by atoms with E-state index in [9.17, 15) is 5.11 Å². The third kappa shape index (κ3) is 2.89. The van der Waals surface area contributed by atoms with Gasteiger partial charge in [0.1, 0.15) is 5.82 Å². The summed E-state index contributed by atoms with van der Waals surface area (Å²) in [6.45, 7) is 2.66. The van der Waals surface area contributed by atoms with Gasteiger partial charge in [-0.3, -0.25) is 0 Å². The number of fused-ring (bicyclic) bond motifs is 1. The lowest BCUT2D eigenvalue weighted by atomic mass is 10.1. The third-order valence-electron chi connectivity index (χ3n) is 3.36. The van der Waals surface area contributed by atoms with Crippen LogP contribution in [0.5, 0.6) is 0 Å². The predicted molar refractivity (Wildman–Crippen MR) is 86.6 cm³/mol. The molecule has 21 heavy (non-hydrogen) atoms. The summed E-state index contributed by atoms with van der Waals surface area (Å²) in [5.41, 5.74) is 1.73. The summed E-state index contributed by atoms with van der Waals surface area (Å²) in [6.07, 6.45) is 0. The molecule has 4 nitrogen and oxygen atoms in total. The summed E-state index contributed by atoms with van der Waals surface area (Å²) in [4.78, 5) is 11.2.